The molecular weight excluding hydrogens is 412 g/mol. The highest BCUT2D eigenvalue weighted by Gasteiger charge is 2.31. The maximum Gasteiger partial charge on any atom is 0.220 e. The van der Waals surface area contributed by atoms with Crippen LogP contribution in [0.2, 0.25) is 0 Å². The number of hydrogen-bond acceptors (Lipinski definition) is 6. The number of ether oxygens (including phenoxy) is 1. The first-order chi connectivity index (χ1) is 16.1. The lowest BCUT2D eigenvalue weighted by atomic mass is 9.84. The van der Waals surface area contributed by atoms with Gasteiger partial charge in [0.05, 0.1) is 17.7 Å². The number of nitrogens with zero attached hydrogens (tertiary/aromatic N) is 1. The van der Waals surface area contributed by atoms with E-state index in [1.54, 1.807) is 36.4 Å². The number of aldehydes is 1. The van der Waals surface area contributed by atoms with Crippen molar-refractivity contribution in [1.82, 2.24) is 5.32 Å². The van der Waals surface area contributed by atoms with Crippen molar-refractivity contribution in [1.29, 1.82) is 16.1 Å². The fourth-order valence-corrected chi connectivity index (χ4v) is 4.29. The Morgan fingerprint density at radius 3 is 2.58 bits per heavy atom. The van der Waals surface area contributed by atoms with Crippen molar-refractivity contribution in [3.05, 3.63) is 95.1 Å². The van der Waals surface area contributed by atoms with Crippen LogP contribution in [0.15, 0.2) is 72.8 Å². The zero-order chi connectivity index (χ0) is 23.2. The molecule has 3 N–H and O–H groups in total. The summed E-state index contributed by atoms with van der Waals surface area (Å²) < 4.78 is 5.70. The Kier molecular flexibility index (Phi) is 6.72. The lowest BCUT2D eigenvalue weighted by Crippen LogP contribution is -2.46. The number of carbonyl (C=O) groups excluding carboxylic acids is 1. The molecule has 6 nitrogen and oxygen atoms in total. The second kappa shape index (κ2) is 10.0. The van der Waals surface area contributed by atoms with E-state index in [1.807, 2.05) is 24.3 Å². The van der Waals surface area contributed by atoms with Gasteiger partial charge in [-0.15, -0.1) is 0 Å². The lowest BCUT2D eigenvalue weighted by Gasteiger charge is -2.32. The van der Waals surface area contributed by atoms with Crippen molar-refractivity contribution in [3.63, 3.8) is 0 Å². The highest BCUT2D eigenvalue weighted by Crippen LogP contribution is 2.29. The molecule has 0 aliphatic carbocycles. The van der Waals surface area contributed by atoms with Gasteiger partial charge >= 0.3 is 0 Å². The van der Waals surface area contributed by atoms with Gasteiger partial charge in [0.1, 0.15) is 6.29 Å². The summed E-state index contributed by atoms with van der Waals surface area (Å²) in [5, 5.41) is 29.9. The van der Waals surface area contributed by atoms with Crippen LogP contribution in [0.25, 0.3) is 11.1 Å². The molecule has 1 aliphatic rings. The van der Waals surface area contributed by atoms with Gasteiger partial charge in [-0.2, -0.15) is 5.26 Å². The van der Waals surface area contributed by atoms with Crippen molar-refractivity contribution in [3.8, 4) is 17.2 Å². The van der Waals surface area contributed by atoms with E-state index >= 15 is 0 Å². The van der Waals surface area contributed by atoms with Gasteiger partial charge < -0.3 is 10.1 Å². The topological polar surface area (TPSA) is 110 Å². The smallest absolute Gasteiger partial charge is 0.220 e. The zero-order valence-electron chi connectivity index (χ0n) is 18.0. The normalized spacial score (nSPS) is 17.5. The number of benzene rings is 3. The molecule has 3 aromatic carbocycles. The molecule has 0 bridgehead atoms. The molecule has 4 rings (SSSR count). The van der Waals surface area contributed by atoms with Crippen LogP contribution in [-0.2, 0) is 4.74 Å². The second-order valence-corrected chi connectivity index (χ2v) is 8.01. The molecule has 6 heteroatoms. The number of piperidine rings is 1. The molecule has 1 fully saturated rings. The van der Waals surface area contributed by atoms with Gasteiger partial charge in [0.25, 0.3) is 0 Å². The predicted molar refractivity (Wildman–Crippen MR) is 128 cm³/mol. The standard InChI is InChI=1S/C27H24N4O2/c28-16-20-9-4-5-10-23(20)21-13-18(17-32)14-22(15-21)26(29)33-27(30)25-24(11-6-12-31-25)19-7-2-1-3-8-19/h1-5,7-10,13-15,17,24-25,29-31H,6,11-12H2. The van der Waals surface area contributed by atoms with Gasteiger partial charge in [-0.25, -0.2) is 0 Å². The Hall–Kier alpha value is -4.08. The molecule has 33 heavy (non-hydrogen) atoms. The first-order valence-electron chi connectivity index (χ1n) is 10.8. The maximum atomic E-state index is 11.6. The van der Waals surface area contributed by atoms with Crippen LogP contribution in [0, 0.1) is 22.1 Å². The molecule has 0 aromatic heterocycles. The third-order valence-corrected chi connectivity index (χ3v) is 5.89. The summed E-state index contributed by atoms with van der Waals surface area (Å²) in [5.41, 5.74) is 3.67. The Bertz CT molecular complexity index is 1230. The highest BCUT2D eigenvalue weighted by molar-refractivity contribution is 6.02. The largest absolute Gasteiger partial charge is 0.423 e. The minimum atomic E-state index is -0.338. The molecule has 2 atom stereocenters. The first kappa shape index (κ1) is 22.1. The fourth-order valence-electron chi connectivity index (χ4n) is 4.29. The third-order valence-electron chi connectivity index (χ3n) is 5.89. The van der Waals surface area contributed by atoms with E-state index in [0.717, 1.165) is 24.9 Å². The summed E-state index contributed by atoms with van der Waals surface area (Å²) in [5.74, 6) is -0.151. The minimum Gasteiger partial charge on any atom is -0.423 e. The number of nitrogens with one attached hydrogen (secondary N) is 3. The number of hydrogen-bond donors (Lipinski definition) is 3. The maximum absolute atomic E-state index is 11.6. The number of nitriles is 1. The van der Waals surface area contributed by atoms with Crippen LogP contribution in [0.1, 0.15) is 45.8 Å². The Labute approximate surface area is 192 Å². The van der Waals surface area contributed by atoms with Gasteiger partial charge in [0, 0.05) is 17.0 Å². The Balaban J connectivity index is 1.60. The molecule has 0 amide bonds. The van der Waals surface area contributed by atoms with E-state index in [0.29, 0.717) is 34.1 Å². The average Bonchev–Trinajstić information content (AvgIpc) is 2.88. The van der Waals surface area contributed by atoms with E-state index in [1.165, 1.54) is 0 Å². The van der Waals surface area contributed by atoms with Crippen LogP contribution in [0.3, 0.4) is 0 Å². The lowest BCUT2D eigenvalue weighted by molar-refractivity contribution is 0.112. The van der Waals surface area contributed by atoms with Crippen LogP contribution in [0.4, 0.5) is 0 Å². The summed E-state index contributed by atoms with van der Waals surface area (Å²) in [7, 11) is 0. The predicted octanol–water partition coefficient (Wildman–Crippen LogP) is 4.89. The molecule has 1 heterocycles. The summed E-state index contributed by atoms with van der Waals surface area (Å²) in [6.45, 7) is 0.781. The van der Waals surface area contributed by atoms with Gasteiger partial charge in [0.15, 0.2) is 0 Å². The molecule has 1 saturated heterocycles. The van der Waals surface area contributed by atoms with E-state index < -0.39 is 0 Å². The fraction of sp³-hybridized carbons (Fsp3) is 0.185. The first-order valence-corrected chi connectivity index (χ1v) is 10.8. The highest BCUT2D eigenvalue weighted by atomic mass is 16.5. The van der Waals surface area contributed by atoms with Crippen LogP contribution >= 0.6 is 0 Å². The molecule has 0 radical (unpaired) electrons. The summed E-state index contributed by atoms with van der Waals surface area (Å²) >= 11 is 0. The van der Waals surface area contributed by atoms with Crippen LogP contribution in [0.5, 0.6) is 0 Å². The summed E-state index contributed by atoms with van der Waals surface area (Å²) in [6, 6.07) is 23.9. The van der Waals surface area contributed by atoms with E-state index in [4.69, 9.17) is 15.6 Å². The third kappa shape index (κ3) is 4.89. The van der Waals surface area contributed by atoms with Crippen molar-refractivity contribution < 1.29 is 9.53 Å². The molecular formula is C27H24N4O2. The van der Waals surface area contributed by atoms with Crippen LogP contribution in [-0.4, -0.2) is 30.7 Å². The van der Waals surface area contributed by atoms with E-state index in [2.05, 4.69) is 23.5 Å². The van der Waals surface area contributed by atoms with Crippen molar-refractivity contribution in [2.45, 2.75) is 24.8 Å². The second-order valence-electron chi connectivity index (χ2n) is 8.01. The number of rotatable bonds is 5. The monoisotopic (exact) mass is 436 g/mol. The zero-order valence-corrected chi connectivity index (χ0v) is 18.0. The quantitative estimate of drug-likeness (QED) is 0.300. The molecule has 0 saturated carbocycles. The van der Waals surface area contributed by atoms with Crippen molar-refractivity contribution >= 4 is 18.1 Å². The Morgan fingerprint density at radius 1 is 1.06 bits per heavy atom. The van der Waals surface area contributed by atoms with Crippen LogP contribution < -0.4 is 5.32 Å². The van der Waals surface area contributed by atoms with Crippen molar-refractivity contribution in [2.75, 3.05) is 6.54 Å². The molecule has 0 spiro atoms. The number of carbonyl (C=O) groups is 1. The minimum absolute atomic E-state index is 0.0240. The molecule has 2 unspecified atom stereocenters. The van der Waals surface area contributed by atoms with Gasteiger partial charge in [0.2, 0.25) is 11.8 Å². The van der Waals surface area contributed by atoms with Gasteiger partial charge in [-0.05, 0) is 60.3 Å². The average molecular weight is 437 g/mol. The molecule has 1 aliphatic heterocycles. The summed E-state index contributed by atoms with van der Waals surface area (Å²) in [4.78, 5) is 11.6. The SMILES string of the molecule is N#Cc1ccccc1-c1cc(C=O)cc(C(=N)OC(=N)C2NCCCC2c2ccccc2)c1. The van der Waals surface area contributed by atoms with Gasteiger partial charge in [-0.1, -0.05) is 48.5 Å². The van der Waals surface area contributed by atoms with Crippen molar-refractivity contribution in [2.24, 2.45) is 0 Å². The summed E-state index contributed by atoms with van der Waals surface area (Å²) in [6.07, 6.45) is 2.63. The molecule has 164 valence electrons. The Morgan fingerprint density at radius 2 is 1.82 bits per heavy atom. The van der Waals surface area contributed by atoms with E-state index in [9.17, 15) is 10.1 Å². The van der Waals surface area contributed by atoms with E-state index in [-0.39, 0.29) is 23.8 Å². The molecule has 3 aromatic rings. The van der Waals surface area contributed by atoms with Gasteiger partial charge in [-0.3, -0.25) is 15.6 Å².